The number of aromatic nitrogens is 2. The van der Waals surface area contributed by atoms with Crippen molar-refractivity contribution in [2.45, 2.75) is 70.7 Å². The SMILES string of the molecule is CC(CN(C)C)NC(=O)c1nc2c(c(N3CCN(C(=O)OC(C)(C)C)[C@@H](CC#N)C3)n1)CCC(c1cccc3ccccc13)O2. The Kier molecular flexibility index (Phi) is 9.44. The van der Waals surface area contributed by atoms with Crippen LogP contribution in [0.1, 0.15) is 68.4 Å². The number of rotatable bonds is 7. The number of carbonyl (C=O) groups is 2. The largest absolute Gasteiger partial charge is 0.469 e. The number of fused-ring (bicyclic) bond motifs is 2. The number of amides is 2. The van der Waals surface area contributed by atoms with Crippen molar-refractivity contribution in [1.29, 1.82) is 5.26 Å². The molecule has 2 aliphatic rings. The molecule has 2 aliphatic heterocycles. The van der Waals surface area contributed by atoms with Gasteiger partial charge in [-0.2, -0.15) is 10.2 Å². The molecule has 0 saturated carbocycles. The average molecular weight is 614 g/mol. The summed E-state index contributed by atoms with van der Waals surface area (Å²) in [6.45, 7) is 9.23. The van der Waals surface area contributed by atoms with Crippen LogP contribution < -0.4 is 15.0 Å². The first-order valence-corrected chi connectivity index (χ1v) is 15.6. The number of benzene rings is 2. The third-order valence-electron chi connectivity index (χ3n) is 7.98. The second-order valence-electron chi connectivity index (χ2n) is 13.1. The van der Waals surface area contributed by atoms with E-state index in [-0.39, 0.29) is 30.3 Å². The number of nitriles is 1. The molecule has 0 bridgehead atoms. The number of anilines is 1. The summed E-state index contributed by atoms with van der Waals surface area (Å²) in [7, 11) is 3.90. The number of hydrogen-bond acceptors (Lipinski definition) is 9. The lowest BCUT2D eigenvalue weighted by Crippen LogP contribution is -2.56. The Hall–Kier alpha value is -4.43. The van der Waals surface area contributed by atoms with Gasteiger partial charge in [0.1, 0.15) is 17.5 Å². The Morgan fingerprint density at radius 1 is 1.16 bits per heavy atom. The quantitative estimate of drug-likeness (QED) is 0.403. The van der Waals surface area contributed by atoms with E-state index < -0.39 is 17.7 Å². The first kappa shape index (κ1) is 32.0. The minimum atomic E-state index is -0.652. The lowest BCUT2D eigenvalue weighted by Gasteiger charge is -2.42. The fraction of sp³-hybridized carbons (Fsp3) is 0.500. The molecule has 45 heavy (non-hydrogen) atoms. The van der Waals surface area contributed by atoms with E-state index in [2.05, 4.69) is 40.6 Å². The minimum absolute atomic E-state index is 0.0272. The summed E-state index contributed by atoms with van der Waals surface area (Å²) in [4.78, 5) is 41.7. The maximum absolute atomic E-state index is 13.5. The zero-order valence-corrected chi connectivity index (χ0v) is 27.0. The zero-order valence-electron chi connectivity index (χ0n) is 27.0. The highest BCUT2D eigenvalue weighted by Gasteiger charge is 2.37. The van der Waals surface area contributed by atoms with E-state index in [1.807, 2.05) is 69.8 Å². The predicted molar refractivity (Wildman–Crippen MR) is 172 cm³/mol. The molecule has 238 valence electrons. The van der Waals surface area contributed by atoms with E-state index >= 15 is 0 Å². The normalized spacial score (nSPS) is 19.0. The smallest absolute Gasteiger partial charge is 0.410 e. The van der Waals surface area contributed by atoms with E-state index in [1.54, 1.807) is 4.90 Å². The molecule has 11 nitrogen and oxygen atoms in total. The monoisotopic (exact) mass is 613 g/mol. The van der Waals surface area contributed by atoms with Gasteiger partial charge in [0.15, 0.2) is 0 Å². The Balaban J connectivity index is 1.49. The standard InChI is InChI=1S/C34H43N7O4/c1-22(20-39(5)6)36-31(42)29-37-30(40-18-19-41(24(21-40)16-17-35)33(43)45-34(2,3)4)27-14-15-28(44-32(27)38-29)26-13-9-11-23-10-7-8-12-25(23)26/h7-13,22,24,28H,14-16,18-21H2,1-6H3,(H,36,42)/t22?,24-,28?/m0/s1. The van der Waals surface area contributed by atoms with Gasteiger partial charge >= 0.3 is 6.09 Å². The van der Waals surface area contributed by atoms with Crippen molar-refractivity contribution in [2.75, 3.05) is 45.2 Å². The third kappa shape index (κ3) is 7.45. The number of nitrogens with one attached hydrogen (secondary N) is 1. The molecule has 11 heteroatoms. The lowest BCUT2D eigenvalue weighted by atomic mass is 9.94. The van der Waals surface area contributed by atoms with Crippen LogP contribution in [0.25, 0.3) is 10.8 Å². The molecule has 0 radical (unpaired) electrons. The second-order valence-corrected chi connectivity index (χ2v) is 13.1. The van der Waals surface area contributed by atoms with Crippen LogP contribution in [-0.4, -0.2) is 89.7 Å². The van der Waals surface area contributed by atoms with Crippen molar-refractivity contribution in [2.24, 2.45) is 0 Å². The van der Waals surface area contributed by atoms with Crippen molar-refractivity contribution in [1.82, 2.24) is 25.1 Å². The molecule has 3 aromatic rings. The van der Waals surface area contributed by atoms with Gasteiger partial charge in [0, 0.05) is 37.8 Å². The van der Waals surface area contributed by atoms with E-state index in [0.29, 0.717) is 50.7 Å². The van der Waals surface area contributed by atoms with Gasteiger partial charge in [0.2, 0.25) is 11.7 Å². The highest BCUT2D eigenvalue weighted by atomic mass is 16.6. The molecule has 3 atom stereocenters. The van der Waals surface area contributed by atoms with Crippen LogP contribution >= 0.6 is 0 Å². The Bertz CT molecular complexity index is 1590. The Morgan fingerprint density at radius 2 is 1.91 bits per heavy atom. The van der Waals surface area contributed by atoms with Crippen LogP contribution in [-0.2, 0) is 11.2 Å². The summed E-state index contributed by atoms with van der Waals surface area (Å²) in [5, 5.41) is 14.9. The first-order chi connectivity index (χ1) is 21.4. The van der Waals surface area contributed by atoms with E-state index in [0.717, 1.165) is 21.9 Å². The van der Waals surface area contributed by atoms with Gasteiger partial charge in [-0.15, -0.1) is 0 Å². The van der Waals surface area contributed by atoms with Gasteiger partial charge in [-0.1, -0.05) is 42.5 Å². The zero-order chi connectivity index (χ0) is 32.3. The molecule has 1 saturated heterocycles. The van der Waals surface area contributed by atoms with E-state index in [1.165, 1.54) is 0 Å². The predicted octanol–water partition coefficient (Wildman–Crippen LogP) is 4.72. The molecule has 3 heterocycles. The number of carbonyl (C=O) groups excluding carboxylic acids is 2. The van der Waals surface area contributed by atoms with Gasteiger partial charge in [0.05, 0.1) is 24.1 Å². The maximum atomic E-state index is 13.5. The fourth-order valence-electron chi connectivity index (χ4n) is 6.12. The lowest BCUT2D eigenvalue weighted by molar-refractivity contribution is 0.0144. The summed E-state index contributed by atoms with van der Waals surface area (Å²) in [6.07, 6.45) is 0.807. The van der Waals surface area contributed by atoms with Crippen LogP contribution in [0.4, 0.5) is 10.6 Å². The topological polar surface area (TPSA) is 124 Å². The highest BCUT2D eigenvalue weighted by molar-refractivity contribution is 5.91. The van der Waals surface area contributed by atoms with Crippen molar-refractivity contribution in [3.63, 3.8) is 0 Å². The van der Waals surface area contributed by atoms with Gasteiger partial charge in [-0.3, -0.25) is 4.79 Å². The average Bonchev–Trinajstić information content (AvgIpc) is 2.98. The van der Waals surface area contributed by atoms with Crippen LogP contribution in [0, 0.1) is 11.3 Å². The highest BCUT2D eigenvalue weighted by Crippen LogP contribution is 2.40. The molecule has 1 fully saturated rings. The van der Waals surface area contributed by atoms with Gasteiger partial charge < -0.3 is 29.5 Å². The van der Waals surface area contributed by atoms with Crippen LogP contribution in [0.3, 0.4) is 0 Å². The van der Waals surface area contributed by atoms with Crippen molar-refractivity contribution < 1.29 is 19.1 Å². The van der Waals surface area contributed by atoms with Crippen LogP contribution in [0.5, 0.6) is 5.88 Å². The number of ether oxygens (including phenoxy) is 2. The molecule has 0 spiro atoms. The molecule has 1 aromatic heterocycles. The Morgan fingerprint density at radius 3 is 2.64 bits per heavy atom. The minimum Gasteiger partial charge on any atom is -0.469 e. The van der Waals surface area contributed by atoms with Crippen LogP contribution in [0.15, 0.2) is 42.5 Å². The number of nitrogens with zero attached hydrogens (tertiary/aromatic N) is 6. The number of likely N-dealkylation sites (N-methyl/N-ethyl adjacent to an activating group) is 1. The van der Waals surface area contributed by atoms with Crippen molar-refractivity contribution >= 4 is 28.6 Å². The summed E-state index contributed by atoms with van der Waals surface area (Å²) >= 11 is 0. The summed E-state index contributed by atoms with van der Waals surface area (Å²) in [5.41, 5.74) is 1.25. The molecule has 5 rings (SSSR count). The van der Waals surface area contributed by atoms with E-state index in [9.17, 15) is 14.9 Å². The van der Waals surface area contributed by atoms with Gasteiger partial charge in [-0.25, -0.2) is 9.78 Å². The molecular formula is C34H43N7O4. The molecule has 2 unspecified atom stereocenters. The summed E-state index contributed by atoms with van der Waals surface area (Å²) in [6, 6.07) is 16.1. The molecule has 2 amide bonds. The number of hydrogen-bond donors (Lipinski definition) is 1. The molecule has 0 aliphatic carbocycles. The number of piperazine rings is 1. The third-order valence-corrected chi connectivity index (χ3v) is 7.98. The summed E-state index contributed by atoms with van der Waals surface area (Å²) in [5.74, 6) is 0.638. The van der Waals surface area contributed by atoms with E-state index in [4.69, 9.17) is 14.5 Å². The van der Waals surface area contributed by atoms with Gasteiger partial charge in [0.25, 0.3) is 5.91 Å². The van der Waals surface area contributed by atoms with Crippen molar-refractivity contribution in [3.05, 3.63) is 59.4 Å². The van der Waals surface area contributed by atoms with Crippen LogP contribution in [0.2, 0.25) is 0 Å². The molecular weight excluding hydrogens is 570 g/mol. The molecule has 2 aromatic carbocycles. The summed E-state index contributed by atoms with van der Waals surface area (Å²) < 4.78 is 12.2. The molecule has 1 N–H and O–H groups in total. The maximum Gasteiger partial charge on any atom is 0.410 e. The Labute approximate surface area is 265 Å². The second kappa shape index (κ2) is 13.3. The van der Waals surface area contributed by atoms with Crippen molar-refractivity contribution in [3.8, 4) is 11.9 Å². The van der Waals surface area contributed by atoms with Gasteiger partial charge in [-0.05, 0) is 65.4 Å². The first-order valence-electron chi connectivity index (χ1n) is 15.6. The fourth-order valence-corrected chi connectivity index (χ4v) is 6.12.